The van der Waals surface area contributed by atoms with Crippen molar-refractivity contribution in [2.24, 2.45) is 5.92 Å². The highest BCUT2D eigenvalue weighted by Crippen LogP contribution is 2.29. The zero-order valence-electron chi connectivity index (χ0n) is 5.80. The summed E-state index contributed by atoms with van der Waals surface area (Å²) in [5, 5.41) is 3.00. The van der Waals surface area contributed by atoms with Gasteiger partial charge in [0.1, 0.15) is 0 Å². The van der Waals surface area contributed by atoms with Gasteiger partial charge in [-0.3, -0.25) is 4.79 Å². The highest BCUT2D eigenvalue weighted by Gasteiger charge is 2.33. The number of thioether (sulfide) groups is 1. The van der Waals surface area contributed by atoms with Crippen LogP contribution in [0.1, 0.15) is 12.8 Å². The van der Waals surface area contributed by atoms with Crippen LogP contribution in [0.3, 0.4) is 0 Å². The minimum absolute atomic E-state index is 0.262. The zero-order valence-corrected chi connectivity index (χ0v) is 6.62. The number of carbonyl (C=O) groups excluding carboxylic acids is 1. The van der Waals surface area contributed by atoms with Crippen LogP contribution in [0.4, 0.5) is 0 Å². The molecule has 0 radical (unpaired) electrons. The van der Waals surface area contributed by atoms with Crippen LogP contribution in [0.5, 0.6) is 0 Å². The van der Waals surface area contributed by atoms with E-state index in [1.54, 1.807) is 0 Å². The molecule has 0 spiro atoms. The third kappa shape index (κ3) is 1.03. The van der Waals surface area contributed by atoms with Crippen LogP contribution in [0, 0.1) is 5.92 Å². The van der Waals surface area contributed by atoms with Gasteiger partial charge in [-0.1, -0.05) is 0 Å². The minimum Gasteiger partial charge on any atom is -0.352 e. The Morgan fingerprint density at radius 2 is 2.50 bits per heavy atom. The molecular formula is C7H11NOS. The van der Waals surface area contributed by atoms with E-state index in [0.29, 0.717) is 12.0 Å². The van der Waals surface area contributed by atoms with Crippen molar-refractivity contribution >= 4 is 17.7 Å². The van der Waals surface area contributed by atoms with Crippen LogP contribution in [-0.4, -0.2) is 23.5 Å². The number of nitrogens with one attached hydrogen (secondary N) is 1. The number of amides is 1. The van der Waals surface area contributed by atoms with E-state index in [2.05, 4.69) is 5.32 Å². The van der Waals surface area contributed by atoms with E-state index in [9.17, 15) is 4.79 Å². The Labute approximate surface area is 64.8 Å². The zero-order chi connectivity index (χ0) is 6.97. The third-order valence-electron chi connectivity index (χ3n) is 2.29. The van der Waals surface area contributed by atoms with Crippen LogP contribution < -0.4 is 5.32 Å². The van der Waals surface area contributed by atoms with Gasteiger partial charge in [-0.25, -0.2) is 0 Å². The van der Waals surface area contributed by atoms with Crippen molar-refractivity contribution in [3.8, 4) is 0 Å². The average Bonchev–Trinajstić information content (AvgIpc) is 2.27. The molecular weight excluding hydrogens is 146 g/mol. The highest BCUT2D eigenvalue weighted by atomic mass is 32.2. The Morgan fingerprint density at radius 3 is 3.30 bits per heavy atom. The Balaban J connectivity index is 2.04. The van der Waals surface area contributed by atoms with Crippen molar-refractivity contribution in [3.63, 3.8) is 0 Å². The van der Waals surface area contributed by atoms with E-state index in [4.69, 9.17) is 0 Å². The number of fused-ring (bicyclic) bond motifs is 1. The molecule has 10 heavy (non-hydrogen) atoms. The molecule has 2 rings (SSSR count). The Hall–Kier alpha value is -0.180. The number of hydrogen-bond acceptors (Lipinski definition) is 2. The van der Waals surface area contributed by atoms with Crippen molar-refractivity contribution in [3.05, 3.63) is 0 Å². The van der Waals surface area contributed by atoms with Crippen molar-refractivity contribution in [2.75, 3.05) is 11.5 Å². The van der Waals surface area contributed by atoms with E-state index in [1.165, 1.54) is 12.2 Å². The molecule has 2 atom stereocenters. The standard InChI is InChI=1S/C7H11NOS/c9-7-3-5-1-2-10-4-6(5)8-7/h5-6H,1-4H2,(H,8,9). The molecule has 0 aliphatic carbocycles. The lowest BCUT2D eigenvalue weighted by Crippen LogP contribution is -2.33. The number of carbonyl (C=O) groups is 1. The molecule has 1 amide bonds. The normalized spacial score (nSPS) is 39.0. The third-order valence-corrected chi connectivity index (χ3v) is 3.41. The summed E-state index contributed by atoms with van der Waals surface area (Å²) in [6, 6.07) is 0.506. The second kappa shape index (κ2) is 2.46. The van der Waals surface area contributed by atoms with Gasteiger partial charge in [0.05, 0.1) is 0 Å². The molecule has 0 saturated carbocycles. The summed E-state index contributed by atoms with van der Waals surface area (Å²) >= 11 is 1.96. The first-order valence-electron chi connectivity index (χ1n) is 3.73. The van der Waals surface area contributed by atoms with Crippen molar-refractivity contribution in [1.29, 1.82) is 0 Å². The summed E-state index contributed by atoms with van der Waals surface area (Å²) < 4.78 is 0. The van der Waals surface area contributed by atoms with Crippen LogP contribution in [0.25, 0.3) is 0 Å². The maximum atomic E-state index is 10.9. The van der Waals surface area contributed by atoms with E-state index >= 15 is 0 Å². The second-order valence-electron chi connectivity index (χ2n) is 3.00. The van der Waals surface area contributed by atoms with Crippen molar-refractivity contribution < 1.29 is 4.79 Å². The fourth-order valence-corrected chi connectivity index (χ4v) is 2.94. The van der Waals surface area contributed by atoms with Crippen LogP contribution >= 0.6 is 11.8 Å². The molecule has 0 aromatic heterocycles. The fraction of sp³-hybridized carbons (Fsp3) is 0.857. The summed E-state index contributed by atoms with van der Waals surface area (Å²) in [4.78, 5) is 10.9. The van der Waals surface area contributed by atoms with E-state index in [1.807, 2.05) is 11.8 Å². The van der Waals surface area contributed by atoms with Gasteiger partial charge in [-0.15, -0.1) is 0 Å². The van der Waals surface area contributed by atoms with Crippen LogP contribution in [0.2, 0.25) is 0 Å². The quantitative estimate of drug-likeness (QED) is 0.558. The van der Waals surface area contributed by atoms with Gasteiger partial charge < -0.3 is 5.32 Å². The Kier molecular flexibility index (Phi) is 1.60. The van der Waals surface area contributed by atoms with Gasteiger partial charge in [0.25, 0.3) is 0 Å². The Bertz CT molecular complexity index is 144. The molecule has 0 aromatic carbocycles. The van der Waals surface area contributed by atoms with E-state index in [-0.39, 0.29) is 5.91 Å². The lowest BCUT2D eigenvalue weighted by atomic mass is 9.99. The second-order valence-corrected chi connectivity index (χ2v) is 4.15. The lowest BCUT2D eigenvalue weighted by molar-refractivity contribution is -0.119. The van der Waals surface area contributed by atoms with E-state index in [0.717, 1.165) is 12.2 Å². The molecule has 0 aromatic rings. The Morgan fingerprint density at radius 1 is 1.60 bits per heavy atom. The molecule has 2 heterocycles. The lowest BCUT2D eigenvalue weighted by Gasteiger charge is -2.22. The molecule has 2 fully saturated rings. The monoisotopic (exact) mass is 157 g/mol. The number of hydrogen-bond donors (Lipinski definition) is 1. The largest absolute Gasteiger partial charge is 0.352 e. The first-order valence-corrected chi connectivity index (χ1v) is 4.89. The molecule has 2 aliphatic heterocycles. The van der Waals surface area contributed by atoms with Crippen molar-refractivity contribution in [1.82, 2.24) is 5.32 Å². The first kappa shape index (κ1) is 6.53. The molecule has 2 saturated heterocycles. The van der Waals surface area contributed by atoms with Crippen molar-refractivity contribution in [2.45, 2.75) is 18.9 Å². The first-order chi connectivity index (χ1) is 4.86. The van der Waals surface area contributed by atoms with Gasteiger partial charge in [-0.05, 0) is 18.1 Å². The fourth-order valence-electron chi connectivity index (χ4n) is 1.69. The van der Waals surface area contributed by atoms with Gasteiger partial charge in [-0.2, -0.15) is 11.8 Å². The van der Waals surface area contributed by atoms with Gasteiger partial charge >= 0.3 is 0 Å². The van der Waals surface area contributed by atoms with Crippen LogP contribution in [0.15, 0.2) is 0 Å². The van der Waals surface area contributed by atoms with Gasteiger partial charge in [0.15, 0.2) is 0 Å². The minimum atomic E-state index is 0.262. The predicted molar refractivity (Wildman–Crippen MR) is 42.0 cm³/mol. The molecule has 56 valence electrons. The summed E-state index contributed by atoms with van der Waals surface area (Å²) in [5.74, 6) is 3.30. The van der Waals surface area contributed by atoms with E-state index < -0.39 is 0 Å². The summed E-state index contributed by atoms with van der Waals surface area (Å²) in [6.07, 6.45) is 2.01. The van der Waals surface area contributed by atoms with Gasteiger partial charge in [0, 0.05) is 18.2 Å². The molecule has 2 nitrogen and oxygen atoms in total. The number of rotatable bonds is 0. The van der Waals surface area contributed by atoms with Crippen LogP contribution in [-0.2, 0) is 4.79 Å². The average molecular weight is 157 g/mol. The predicted octanol–water partition coefficient (Wildman–Crippen LogP) is 0.628. The molecule has 2 unspecified atom stereocenters. The molecule has 0 bridgehead atoms. The summed E-state index contributed by atoms with van der Waals surface area (Å²) in [5.41, 5.74) is 0. The summed E-state index contributed by atoms with van der Waals surface area (Å²) in [6.45, 7) is 0. The SMILES string of the molecule is O=C1CC2CCSCC2N1. The maximum Gasteiger partial charge on any atom is 0.220 e. The maximum absolute atomic E-state index is 10.9. The molecule has 1 N–H and O–H groups in total. The molecule has 3 heteroatoms. The topological polar surface area (TPSA) is 29.1 Å². The molecule has 2 aliphatic rings. The smallest absolute Gasteiger partial charge is 0.220 e. The summed E-state index contributed by atoms with van der Waals surface area (Å²) in [7, 11) is 0. The van der Waals surface area contributed by atoms with Gasteiger partial charge in [0.2, 0.25) is 5.91 Å². The highest BCUT2D eigenvalue weighted by molar-refractivity contribution is 7.99.